The molecule has 0 radical (unpaired) electrons. The van der Waals surface area contributed by atoms with Crippen LogP contribution in [0.2, 0.25) is 0 Å². The maximum absolute atomic E-state index is 13.3. The molecule has 5 heteroatoms. The van der Waals surface area contributed by atoms with E-state index in [1.807, 2.05) is 0 Å². The van der Waals surface area contributed by atoms with Crippen LogP contribution in [0.25, 0.3) is 0 Å². The van der Waals surface area contributed by atoms with Crippen LogP contribution in [0.3, 0.4) is 0 Å². The number of halogens is 1. The third kappa shape index (κ3) is 2.47. The molecule has 0 unspecified atom stereocenters. The van der Waals surface area contributed by atoms with Gasteiger partial charge in [0.15, 0.2) is 9.84 Å². The van der Waals surface area contributed by atoms with Crippen molar-refractivity contribution in [1.29, 1.82) is 0 Å². The Morgan fingerprint density at radius 2 is 1.76 bits per heavy atom. The van der Waals surface area contributed by atoms with Crippen molar-refractivity contribution in [3.63, 3.8) is 0 Å². The SMILES string of the molecule is O=S(=O)(c1ccccc1)[C@@H]1[C@H](CO)[C@@H]1c1cccc(F)c1. The fraction of sp³-hybridized carbons (Fsp3) is 0.250. The van der Waals surface area contributed by atoms with Gasteiger partial charge in [0.25, 0.3) is 0 Å². The van der Waals surface area contributed by atoms with Crippen molar-refractivity contribution in [2.45, 2.75) is 16.1 Å². The highest BCUT2D eigenvalue weighted by molar-refractivity contribution is 7.92. The van der Waals surface area contributed by atoms with E-state index in [9.17, 15) is 17.9 Å². The van der Waals surface area contributed by atoms with Gasteiger partial charge >= 0.3 is 0 Å². The summed E-state index contributed by atoms with van der Waals surface area (Å²) in [5, 5.41) is 8.74. The molecule has 0 aromatic heterocycles. The van der Waals surface area contributed by atoms with Gasteiger partial charge in [0.05, 0.1) is 10.1 Å². The summed E-state index contributed by atoms with van der Waals surface area (Å²) in [5.41, 5.74) is 0.624. The van der Waals surface area contributed by atoms with Crippen LogP contribution in [0.1, 0.15) is 11.5 Å². The summed E-state index contributed by atoms with van der Waals surface area (Å²) >= 11 is 0. The van der Waals surface area contributed by atoms with Gasteiger partial charge in [0, 0.05) is 18.4 Å². The molecule has 1 aliphatic carbocycles. The van der Waals surface area contributed by atoms with E-state index in [0.29, 0.717) is 5.56 Å². The van der Waals surface area contributed by atoms with E-state index in [4.69, 9.17) is 0 Å². The van der Waals surface area contributed by atoms with E-state index in [2.05, 4.69) is 0 Å². The summed E-state index contributed by atoms with van der Waals surface area (Å²) in [7, 11) is -3.52. The zero-order valence-corrected chi connectivity index (χ0v) is 12.0. The van der Waals surface area contributed by atoms with Crippen LogP contribution in [-0.2, 0) is 9.84 Å². The van der Waals surface area contributed by atoms with E-state index in [-0.39, 0.29) is 23.3 Å². The molecule has 0 aliphatic heterocycles. The summed E-state index contributed by atoms with van der Waals surface area (Å²) in [5.74, 6) is -1.13. The first-order chi connectivity index (χ1) is 10.1. The van der Waals surface area contributed by atoms with Crippen molar-refractivity contribution < 1.29 is 17.9 Å². The lowest BCUT2D eigenvalue weighted by molar-refractivity contribution is 0.274. The summed E-state index contributed by atoms with van der Waals surface area (Å²) in [6.07, 6.45) is 0. The van der Waals surface area contributed by atoms with Gasteiger partial charge in [-0.05, 0) is 29.8 Å². The Bertz CT molecular complexity index is 743. The average Bonchev–Trinajstić information content (AvgIpc) is 3.23. The maximum atomic E-state index is 13.3. The van der Waals surface area contributed by atoms with Gasteiger partial charge in [-0.3, -0.25) is 0 Å². The Kier molecular flexibility index (Phi) is 3.55. The number of rotatable bonds is 4. The van der Waals surface area contributed by atoms with E-state index in [0.717, 1.165) is 0 Å². The molecule has 0 bridgehead atoms. The van der Waals surface area contributed by atoms with Crippen molar-refractivity contribution in [2.75, 3.05) is 6.61 Å². The summed E-state index contributed by atoms with van der Waals surface area (Å²) in [6, 6.07) is 14.1. The highest BCUT2D eigenvalue weighted by Gasteiger charge is 2.58. The zero-order chi connectivity index (χ0) is 15.0. The minimum absolute atomic E-state index is 0.224. The van der Waals surface area contributed by atoms with Gasteiger partial charge in [-0.15, -0.1) is 0 Å². The van der Waals surface area contributed by atoms with Crippen molar-refractivity contribution in [3.8, 4) is 0 Å². The molecule has 0 spiro atoms. The minimum atomic E-state index is -3.52. The molecule has 0 heterocycles. The molecule has 2 aromatic carbocycles. The van der Waals surface area contributed by atoms with E-state index in [1.54, 1.807) is 42.5 Å². The second kappa shape index (κ2) is 5.24. The normalized spacial score (nSPS) is 24.8. The highest BCUT2D eigenvalue weighted by Crippen LogP contribution is 2.53. The Labute approximate surface area is 123 Å². The molecule has 3 nitrogen and oxygen atoms in total. The molecular formula is C16H15FO3S. The number of sulfone groups is 1. The monoisotopic (exact) mass is 306 g/mol. The first-order valence-corrected chi connectivity index (χ1v) is 8.25. The van der Waals surface area contributed by atoms with E-state index < -0.39 is 20.9 Å². The standard InChI is InChI=1S/C16H15FO3S/c17-12-6-4-5-11(9-12)15-14(10-18)16(15)21(19,20)13-7-2-1-3-8-13/h1-9,14-16,18H,10H2/t14-,15+,16-/m1/s1. The predicted molar refractivity (Wildman–Crippen MR) is 77.1 cm³/mol. The van der Waals surface area contributed by atoms with Gasteiger partial charge in [-0.2, -0.15) is 0 Å². The first kappa shape index (κ1) is 14.2. The van der Waals surface area contributed by atoms with Gasteiger partial charge in [-0.25, -0.2) is 12.8 Å². The fourth-order valence-corrected chi connectivity index (χ4v) is 5.12. The van der Waals surface area contributed by atoms with Crippen LogP contribution in [-0.4, -0.2) is 25.4 Å². The van der Waals surface area contributed by atoms with E-state index in [1.165, 1.54) is 12.1 Å². The van der Waals surface area contributed by atoms with Crippen LogP contribution >= 0.6 is 0 Å². The fourth-order valence-electron chi connectivity index (χ4n) is 2.90. The second-order valence-electron chi connectivity index (χ2n) is 5.25. The maximum Gasteiger partial charge on any atom is 0.182 e. The largest absolute Gasteiger partial charge is 0.396 e. The van der Waals surface area contributed by atoms with Crippen molar-refractivity contribution in [1.82, 2.24) is 0 Å². The lowest BCUT2D eigenvalue weighted by Crippen LogP contribution is -2.11. The summed E-state index contributed by atoms with van der Waals surface area (Å²) in [6.45, 7) is -0.224. The quantitative estimate of drug-likeness (QED) is 0.943. The van der Waals surface area contributed by atoms with Crippen molar-refractivity contribution in [3.05, 3.63) is 66.0 Å². The van der Waals surface area contributed by atoms with Crippen LogP contribution in [0.4, 0.5) is 4.39 Å². The van der Waals surface area contributed by atoms with Crippen LogP contribution in [0.15, 0.2) is 59.5 Å². The van der Waals surface area contributed by atoms with Gasteiger partial charge in [0.1, 0.15) is 5.82 Å². The van der Waals surface area contributed by atoms with Gasteiger partial charge < -0.3 is 5.11 Å². The second-order valence-corrected chi connectivity index (χ2v) is 7.36. The highest BCUT2D eigenvalue weighted by atomic mass is 32.2. The predicted octanol–water partition coefficient (Wildman–Crippen LogP) is 2.37. The summed E-state index contributed by atoms with van der Waals surface area (Å²) < 4.78 is 38.6. The lowest BCUT2D eigenvalue weighted by atomic mass is 10.1. The van der Waals surface area contributed by atoms with Crippen LogP contribution in [0, 0.1) is 11.7 Å². The molecule has 1 aliphatic rings. The molecular weight excluding hydrogens is 291 g/mol. The minimum Gasteiger partial charge on any atom is -0.396 e. The smallest absolute Gasteiger partial charge is 0.182 e. The molecule has 110 valence electrons. The Morgan fingerprint density at radius 3 is 2.38 bits per heavy atom. The van der Waals surface area contributed by atoms with Crippen LogP contribution < -0.4 is 0 Å². The Morgan fingerprint density at radius 1 is 1.05 bits per heavy atom. The van der Waals surface area contributed by atoms with Crippen molar-refractivity contribution >= 4 is 9.84 Å². The lowest BCUT2D eigenvalue weighted by Gasteiger charge is -2.04. The molecule has 3 atom stereocenters. The molecule has 1 fully saturated rings. The Hall–Kier alpha value is -1.72. The number of aliphatic hydroxyl groups excluding tert-OH is 1. The summed E-state index contributed by atoms with van der Waals surface area (Å²) in [4.78, 5) is 0.243. The van der Waals surface area contributed by atoms with Gasteiger partial charge in [-0.1, -0.05) is 30.3 Å². The third-order valence-electron chi connectivity index (χ3n) is 3.97. The molecule has 3 rings (SSSR count). The molecule has 21 heavy (non-hydrogen) atoms. The number of aliphatic hydroxyl groups is 1. The number of hydrogen-bond donors (Lipinski definition) is 1. The third-order valence-corrected chi connectivity index (χ3v) is 6.26. The van der Waals surface area contributed by atoms with Crippen molar-refractivity contribution in [2.24, 2.45) is 5.92 Å². The van der Waals surface area contributed by atoms with E-state index >= 15 is 0 Å². The Balaban J connectivity index is 1.96. The number of hydrogen-bond acceptors (Lipinski definition) is 3. The zero-order valence-electron chi connectivity index (χ0n) is 11.2. The number of benzene rings is 2. The average molecular weight is 306 g/mol. The first-order valence-electron chi connectivity index (χ1n) is 6.71. The molecule has 0 amide bonds. The van der Waals surface area contributed by atoms with Gasteiger partial charge in [0.2, 0.25) is 0 Å². The molecule has 1 N–H and O–H groups in total. The molecule has 0 saturated heterocycles. The molecule has 2 aromatic rings. The topological polar surface area (TPSA) is 54.4 Å². The van der Waals surface area contributed by atoms with Crippen LogP contribution in [0.5, 0.6) is 0 Å². The molecule has 1 saturated carbocycles.